The first-order valence-corrected chi connectivity index (χ1v) is 9.03. The molecule has 0 amide bonds. The van der Waals surface area contributed by atoms with Crippen LogP contribution in [-0.4, -0.2) is 16.1 Å². The van der Waals surface area contributed by atoms with Gasteiger partial charge in [0.15, 0.2) is 11.4 Å². The van der Waals surface area contributed by atoms with Gasteiger partial charge in [-0.2, -0.15) is 0 Å². The Morgan fingerprint density at radius 1 is 0.893 bits per heavy atom. The van der Waals surface area contributed by atoms with Crippen LogP contribution in [0.3, 0.4) is 0 Å². The Labute approximate surface area is 163 Å². The minimum absolute atomic E-state index is 0.0785. The number of rotatable bonds is 5. The number of carboxylic acid groups (broad SMARTS) is 1. The first-order valence-electron chi connectivity index (χ1n) is 9.03. The lowest BCUT2D eigenvalue weighted by Gasteiger charge is -2.15. The number of carbonyl (C=O) groups is 1. The molecular weight excluding hydrogens is 350 g/mol. The molecular formula is C24H19NO3. The standard InChI is InChI=1S/C24H19NO3/c1-16-11-13-18(14-12-16)21-19-9-5-6-10-20(19)23(22(25-21)24(26)27)28-15-17-7-3-2-4-8-17/h2-14H,15H2,1H3,(H,26,27). The van der Waals surface area contributed by atoms with Gasteiger partial charge in [-0.1, -0.05) is 84.4 Å². The first-order chi connectivity index (χ1) is 13.6. The van der Waals surface area contributed by atoms with Gasteiger partial charge in [0, 0.05) is 16.3 Å². The fraction of sp³-hybridized carbons (Fsp3) is 0.0833. The van der Waals surface area contributed by atoms with Gasteiger partial charge in [-0.15, -0.1) is 0 Å². The molecule has 0 bridgehead atoms. The van der Waals surface area contributed by atoms with Crippen LogP contribution in [0.25, 0.3) is 22.0 Å². The van der Waals surface area contributed by atoms with Gasteiger partial charge in [-0.05, 0) is 12.5 Å². The molecule has 138 valence electrons. The summed E-state index contributed by atoms with van der Waals surface area (Å²) in [6.45, 7) is 2.29. The van der Waals surface area contributed by atoms with Crippen LogP contribution in [0.2, 0.25) is 0 Å². The third kappa shape index (κ3) is 3.45. The maximum Gasteiger partial charge on any atom is 0.358 e. The van der Waals surface area contributed by atoms with Crippen molar-refractivity contribution in [2.45, 2.75) is 13.5 Å². The highest BCUT2D eigenvalue weighted by Gasteiger charge is 2.21. The minimum Gasteiger partial charge on any atom is -0.486 e. The van der Waals surface area contributed by atoms with Crippen LogP contribution in [0.15, 0.2) is 78.9 Å². The van der Waals surface area contributed by atoms with Crippen molar-refractivity contribution >= 4 is 16.7 Å². The average Bonchev–Trinajstić information content (AvgIpc) is 2.73. The summed E-state index contributed by atoms with van der Waals surface area (Å²) in [4.78, 5) is 16.5. The summed E-state index contributed by atoms with van der Waals surface area (Å²) in [5.74, 6) is -0.815. The maximum atomic E-state index is 12.0. The lowest BCUT2D eigenvalue weighted by Crippen LogP contribution is -2.08. The normalized spacial score (nSPS) is 10.8. The molecule has 0 saturated carbocycles. The molecule has 0 aliphatic rings. The zero-order chi connectivity index (χ0) is 19.5. The fourth-order valence-corrected chi connectivity index (χ4v) is 3.19. The zero-order valence-corrected chi connectivity index (χ0v) is 15.4. The molecule has 4 rings (SSSR count). The number of benzene rings is 3. The Kier molecular flexibility index (Phi) is 4.77. The number of fused-ring (bicyclic) bond motifs is 1. The maximum absolute atomic E-state index is 12.0. The molecule has 4 heteroatoms. The molecule has 0 spiro atoms. The van der Waals surface area contributed by atoms with Crippen LogP contribution in [0.4, 0.5) is 0 Å². The highest BCUT2D eigenvalue weighted by Crippen LogP contribution is 2.36. The number of aromatic nitrogens is 1. The van der Waals surface area contributed by atoms with Gasteiger partial charge < -0.3 is 9.84 Å². The van der Waals surface area contributed by atoms with E-state index < -0.39 is 5.97 Å². The third-order valence-electron chi connectivity index (χ3n) is 4.62. The molecule has 0 unspecified atom stereocenters. The largest absolute Gasteiger partial charge is 0.486 e. The summed E-state index contributed by atoms with van der Waals surface area (Å²) in [6.07, 6.45) is 0. The van der Waals surface area contributed by atoms with Gasteiger partial charge in [-0.3, -0.25) is 0 Å². The SMILES string of the molecule is Cc1ccc(-c2nc(C(=O)O)c(OCc3ccccc3)c3ccccc23)cc1. The van der Waals surface area contributed by atoms with Crippen molar-refractivity contribution in [1.29, 1.82) is 0 Å². The highest BCUT2D eigenvalue weighted by molar-refractivity contribution is 6.04. The Balaban J connectivity index is 1.87. The lowest BCUT2D eigenvalue weighted by molar-refractivity contribution is 0.0685. The van der Waals surface area contributed by atoms with Crippen LogP contribution in [-0.2, 0) is 6.61 Å². The first kappa shape index (κ1) is 17.7. The van der Waals surface area contributed by atoms with Gasteiger partial charge in [0.1, 0.15) is 6.61 Å². The molecule has 4 nitrogen and oxygen atoms in total. The second kappa shape index (κ2) is 7.53. The number of ether oxygens (including phenoxy) is 1. The molecule has 0 atom stereocenters. The molecule has 0 fully saturated rings. The van der Waals surface area contributed by atoms with Gasteiger partial charge in [0.25, 0.3) is 0 Å². The van der Waals surface area contributed by atoms with Gasteiger partial charge in [0.05, 0.1) is 5.69 Å². The number of carboxylic acids is 1. The summed E-state index contributed by atoms with van der Waals surface area (Å²) >= 11 is 0. The van der Waals surface area contributed by atoms with Crippen molar-refractivity contribution in [3.05, 3.63) is 95.7 Å². The second-order valence-corrected chi connectivity index (χ2v) is 6.63. The zero-order valence-electron chi connectivity index (χ0n) is 15.4. The number of pyridine rings is 1. The quantitative estimate of drug-likeness (QED) is 0.505. The van der Waals surface area contributed by atoms with Crippen LogP contribution in [0.1, 0.15) is 21.6 Å². The number of hydrogen-bond donors (Lipinski definition) is 1. The number of hydrogen-bond acceptors (Lipinski definition) is 3. The Morgan fingerprint density at radius 2 is 1.54 bits per heavy atom. The van der Waals surface area contributed by atoms with Crippen LogP contribution >= 0.6 is 0 Å². The lowest BCUT2D eigenvalue weighted by atomic mass is 10.0. The monoisotopic (exact) mass is 369 g/mol. The van der Waals surface area contributed by atoms with Gasteiger partial charge >= 0.3 is 5.97 Å². The van der Waals surface area contributed by atoms with Crippen molar-refractivity contribution in [2.24, 2.45) is 0 Å². The highest BCUT2D eigenvalue weighted by atomic mass is 16.5. The molecule has 4 aromatic rings. The molecule has 1 heterocycles. The minimum atomic E-state index is -1.11. The molecule has 1 aromatic heterocycles. The van der Waals surface area contributed by atoms with E-state index in [0.717, 1.165) is 27.5 Å². The number of aromatic carboxylic acids is 1. The topological polar surface area (TPSA) is 59.4 Å². The van der Waals surface area contributed by atoms with Crippen molar-refractivity contribution in [3.63, 3.8) is 0 Å². The second-order valence-electron chi connectivity index (χ2n) is 6.63. The van der Waals surface area contributed by atoms with E-state index in [1.807, 2.05) is 85.8 Å². The molecule has 28 heavy (non-hydrogen) atoms. The van der Waals surface area contributed by atoms with E-state index in [-0.39, 0.29) is 12.3 Å². The summed E-state index contributed by atoms with van der Waals surface area (Å²) < 4.78 is 5.96. The van der Waals surface area contributed by atoms with Crippen LogP contribution < -0.4 is 4.74 Å². The Hall–Kier alpha value is -3.66. The smallest absolute Gasteiger partial charge is 0.358 e. The molecule has 1 N–H and O–H groups in total. The van der Waals surface area contributed by atoms with E-state index in [9.17, 15) is 9.90 Å². The summed E-state index contributed by atoms with van der Waals surface area (Å²) in [5.41, 5.74) is 3.53. The van der Waals surface area contributed by atoms with Crippen molar-refractivity contribution in [3.8, 4) is 17.0 Å². The van der Waals surface area contributed by atoms with Crippen molar-refractivity contribution < 1.29 is 14.6 Å². The van der Waals surface area contributed by atoms with E-state index in [1.54, 1.807) is 0 Å². The van der Waals surface area contributed by atoms with Gasteiger partial charge in [-0.25, -0.2) is 9.78 Å². The van der Waals surface area contributed by atoms with Gasteiger partial charge in [0.2, 0.25) is 0 Å². The predicted molar refractivity (Wildman–Crippen MR) is 110 cm³/mol. The Bertz CT molecular complexity index is 1140. The van der Waals surface area contributed by atoms with E-state index in [4.69, 9.17) is 4.74 Å². The summed E-state index contributed by atoms with van der Waals surface area (Å²) in [7, 11) is 0. The number of nitrogens with zero attached hydrogens (tertiary/aromatic N) is 1. The molecule has 0 aliphatic carbocycles. The Morgan fingerprint density at radius 3 is 2.21 bits per heavy atom. The summed E-state index contributed by atoms with van der Waals surface area (Å²) in [6, 6.07) is 25.2. The van der Waals surface area contributed by atoms with Crippen molar-refractivity contribution in [2.75, 3.05) is 0 Å². The molecule has 0 saturated heterocycles. The molecule has 0 aliphatic heterocycles. The van der Waals surface area contributed by atoms with E-state index in [2.05, 4.69) is 4.98 Å². The number of aryl methyl sites for hydroxylation is 1. The van der Waals surface area contributed by atoms with Crippen LogP contribution in [0, 0.1) is 6.92 Å². The van der Waals surface area contributed by atoms with E-state index in [0.29, 0.717) is 11.4 Å². The fourth-order valence-electron chi connectivity index (χ4n) is 3.19. The van der Waals surface area contributed by atoms with E-state index in [1.165, 1.54) is 0 Å². The van der Waals surface area contributed by atoms with Crippen LogP contribution in [0.5, 0.6) is 5.75 Å². The predicted octanol–water partition coefficient (Wildman–Crippen LogP) is 5.49. The molecule has 0 radical (unpaired) electrons. The summed E-state index contributed by atoms with van der Waals surface area (Å²) in [5, 5.41) is 11.4. The van der Waals surface area contributed by atoms with E-state index >= 15 is 0 Å². The average molecular weight is 369 g/mol. The molecule has 3 aromatic carbocycles. The van der Waals surface area contributed by atoms with Crippen molar-refractivity contribution in [1.82, 2.24) is 4.98 Å². The third-order valence-corrected chi connectivity index (χ3v) is 4.62.